The van der Waals surface area contributed by atoms with Gasteiger partial charge in [0.2, 0.25) is 5.82 Å². The van der Waals surface area contributed by atoms with Crippen LogP contribution < -0.4 is 4.74 Å². The van der Waals surface area contributed by atoms with Gasteiger partial charge in [0.05, 0.1) is 7.11 Å². The van der Waals surface area contributed by atoms with E-state index in [2.05, 4.69) is 49.4 Å². The minimum absolute atomic E-state index is 0.0495. The molecule has 0 saturated heterocycles. The maximum absolute atomic E-state index is 14.0. The molecule has 3 heteroatoms. The Morgan fingerprint density at radius 3 is 2.48 bits per heavy atom. The first-order valence-corrected chi connectivity index (χ1v) is 10.6. The van der Waals surface area contributed by atoms with Crippen LogP contribution in [-0.4, -0.2) is 7.11 Å². The van der Waals surface area contributed by atoms with Crippen LogP contribution in [0.4, 0.5) is 8.78 Å². The molecule has 0 fully saturated rings. The van der Waals surface area contributed by atoms with Crippen molar-refractivity contribution in [2.24, 2.45) is 5.92 Å². The molecule has 0 saturated carbocycles. The van der Waals surface area contributed by atoms with E-state index >= 15 is 0 Å². The molecule has 0 spiro atoms. The predicted octanol–water partition coefficient (Wildman–Crippen LogP) is 7.30. The quantitative estimate of drug-likeness (QED) is 0.425. The minimum Gasteiger partial charge on any atom is -0.494 e. The number of benzene rings is 2. The van der Waals surface area contributed by atoms with E-state index in [1.54, 1.807) is 6.07 Å². The number of rotatable bonds is 8. The zero-order valence-electron chi connectivity index (χ0n) is 17.4. The average Bonchev–Trinajstić information content (AvgIpc) is 2.75. The van der Waals surface area contributed by atoms with Gasteiger partial charge in [-0.2, -0.15) is 4.39 Å². The lowest BCUT2D eigenvalue weighted by Gasteiger charge is -2.19. The van der Waals surface area contributed by atoms with Crippen molar-refractivity contribution in [1.82, 2.24) is 0 Å². The van der Waals surface area contributed by atoms with Gasteiger partial charge in [-0.25, -0.2) is 4.39 Å². The highest BCUT2D eigenvalue weighted by Gasteiger charge is 2.14. The summed E-state index contributed by atoms with van der Waals surface area (Å²) >= 11 is 0. The maximum atomic E-state index is 14.0. The standard InChI is InChI=1S/C26H30F2O/c1-3-6-19-9-13-21(14-10-19)22-15-11-20(12-16-22)7-4-5-8-23-17-18-24(29-2)26(28)25(23)27/h4,7,9-10,13-15,17-18,20H,3,5-6,8,11-12,16H2,1-2H3/b7-4+. The van der Waals surface area contributed by atoms with E-state index in [9.17, 15) is 8.78 Å². The van der Waals surface area contributed by atoms with Gasteiger partial charge in [-0.3, -0.25) is 0 Å². The summed E-state index contributed by atoms with van der Waals surface area (Å²) < 4.78 is 32.6. The first-order chi connectivity index (χ1) is 14.1. The monoisotopic (exact) mass is 396 g/mol. The lowest BCUT2D eigenvalue weighted by atomic mass is 9.86. The normalized spacial score (nSPS) is 16.8. The molecule has 1 aliphatic rings. The lowest BCUT2D eigenvalue weighted by Crippen LogP contribution is -2.03. The smallest absolute Gasteiger partial charge is 0.200 e. The van der Waals surface area contributed by atoms with Crippen LogP contribution in [0.3, 0.4) is 0 Å². The third-order valence-corrected chi connectivity index (χ3v) is 5.65. The van der Waals surface area contributed by atoms with Crippen LogP contribution in [0.25, 0.3) is 5.57 Å². The summed E-state index contributed by atoms with van der Waals surface area (Å²) in [5.74, 6) is -1.23. The number of hydrogen-bond donors (Lipinski definition) is 0. The van der Waals surface area contributed by atoms with Gasteiger partial charge in [0, 0.05) is 0 Å². The van der Waals surface area contributed by atoms with E-state index in [0.29, 0.717) is 24.3 Å². The Balaban J connectivity index is 1.50. The van der Waals surface area contributed by atoms with Crippen molar-refractivity contribution in [3.05, 3.63) is 83.0 Å². The Bertz CT molecular complexity index is 865. The molecule has 0 bridgehead atoms. The molecule has 1 aliphatic carbocycles. The Hall–Kier alpha value is -2.42. The topological polar surface area (TPSA) is 9.23 Å². The van der Waals surface area contributed by atoms with Gasteiger partial charge in [0.1, 0.15) is 0 Å². The first-order valence-electron chi connectivity index (χ1n) is 10.6. The summed E-state index contributed by atoms with van der Waals surface area (Å²) in [6.45, 7) is 2.21. The first kappa shape index (κ1) is 21.3. The third-order valence-electron chi connectivity index (χ3n) is 5.65. The molecule has 154 valence electrons. The van der Waals surface area contributed by atoms with Crippen LogP contribution in [0.2, 0.25) is 0 Å². The van der Waals surface area contributed by atoms with Crippen LogP contribution in [0.15, 0.2) is 54.6 Å². The summed E-state index contributed by atoms with van der Waals surface area (Å²) in [6.07, 6.45) is 13.4. The molecule has 2 aromatic rings. The highest BCUT2D eigenvalue weighted by molar-refractivity contribution is 5.66. The predicted molar refractivity (Wildman–Crippen MR) is 116 cm³/mol. The zero-order chi connectivity index (χ0) is 20.6. The van der Waals surface area contributed by atoms with Gasteiger partial charge < -0.3 is 4.74 Å². The highest BCUT2D eigenvalue weighted by Crippen LogP contribution is 2.31. The molecule has 1 atom stereocenters. The molecule has 3 rings (SSSR count). The number of ether oxygens (including phenoxy) is 1. The van der Waals surface area contributed by atoms with Crippen LogP contribution in [0.1, 0.15) is 55.7 Å². The van der Waals surface area contributed by atoms with Crippen molar-refractivity contribution < 1.29 is 13.5 Å². The van der Waals surface area contributed by atoms with Crippen molar-refractivity contribution in [2.75, 3.05) is 7.11 Å². The van der Waals surface area contributed by atoms with Crippen molar-refractivity contribution in [1.29, 1.82) is 0 Å². The molecule has 1 unspecified atom stereocenters. The number of aryl methyl sites for hydroxylation is 2. The largest absolute Gasteiger partial charge is 0.494 e. The molecule has 0 N–H and O–H groups in total. The Morgan fingerprint density at radius 1 is 1.03 bits per heavy atom. The zero-order valence-corrected chi connectivity index (χ0v) is 17.4. The molecule has 2 aromatic carbocycles. The van der Waals surface area contributed by atoms with E-state index in [4.69, 9.17) is 4.74 Å². The van der Waals surface area contributed by atoms with Gasteiger partial charge in [-0.1, -0.05) is 61.9 Å². The fourth-order valence-electron chi connectivity index (χ4n) is 3.92. The third kappa shape index (κ3) is 5.56. The molecular formula is C26H30F2O. The van der Waals surface area contributed by atoms with Crippen molar-refractivity contribution in [3.8, 4) is 5.75 Å². The summed E-state index contributed by atoms with van der Waals surface area (Å²) in [5, 5.41) is 0. The van der Waals surface area contributed by atoms with Crippen molar-refractivity contribution >= 4 is 5.57 Å². The van der Waals surface area contributed by atoms with Gasteiger partial charge in [-0.05, 0) is 72.8 Å². The summed E-state index contributed by atoms with van der Waals surface area (Å²) in [6, 6.07) is 12.1. The molecule has 0 aliphatic heterocycles. The number of halogens is 2. The van der Waals surface area contributed by atoms with E-state index in [-0.39, 0.29) is 5.75 Å². The molecule has 0 amide bonds. The van der Waals surface area contributed by atoms with Gasteiger partial charge >= 0.3 is 0 Å². The highest BCUT2D eigenvalue weighted by atomic mass is 19.2. The Labute approximate surface area is 173 Å². The second kappa shape index (κ2) is 10.4. The maximum Gasteiger partial charge on any atom is 0.200 e. The van der Waals surface area contributed by atoms with Crippen LogP contribution in [0, 0.1) is 17.6 Å². The van der Waals surface area contributed by atoms with Crippen LogP contribution in [0.5, 0.6) is 5.75 Å². The van der Waals surface area contributed by atoms with Crippen LogP contribution >= 0.6 is 0 Å². The molecular weight excluding hydrogens is 366 g/mol. The van der Waals surface area contributed by atoms with Gasteiger partial charge in [0.15, 0.2) is 11.6 Å². The number of hydrogen-bond acceptors (Lipinski definition) is 1. The molecule has 1 nitrogen and oxygen atoms in total. The summed E-state index contributed by atoms with van der Waals surface area (Å²) in [4.78, 5) is 0. The number of methoxy groups -OCH3 is 1. The van der Waals surface area contributed by atoms with E-state index in [0.717, 1.165) is 25.7 Å². The second-order valence-corrected chi connectivity index (χ2v) is 7.73. The fourth-order valence-corrected chi connectivity index (χ4v) is 3.92. The van der Waals surface area contributed by atoms with Crippen LogP contribution in [-0.2, 0) is 12.8 Å². The van der Waals surface area contributed by atoms with E-state index < -0.39 is 11.6 Å². The molecule has 29 heavy (non-hydrogen) atoms. The lowest BCUT2D eigenvalue weighted by molar-refractivity contribution is 0.370. The fraction of sp³-hybridized carbons (Fsp3) is 0.385. The summed E-state index contributed by atoms with van der Waals surface area (Å²) in [5.41, 5.74) is 4.57. The van der Waals surface area contributed by atoms with Gasteiger partial charge in [-0.15, -0.1) is 0 Å². The Morgan fingerprint density at radius 2 is 1.83 bits per heavy atom. The van der Waals surface area contributed by atoms with E-state index in [1.807, 2.05) is 0 Å². The van der Waals surface area contributed by atoms with E-state index in [1.165, 1.54) is 36.3 Å². The second-order valence-electron chi connectivity index (χ2n) is 7.73. The SMILES string of the molecule is CCCc1ccc(C2=CCC(/C=C/CCc3ccc(OC)c(F)c3F)CC2)cc1. The molecule has 0 aromatic heterocycles. The van der Waals surface area contributed by atoms with Crippen molar-refractivity contribution in [2.45, 2.75) is 51.9 Å². The molecule has 0 radical (unpaired) electrons. The number of allylic oxidation sites excluding steroid dienone is 4. The average molecular weight is 397 g/mol. The van der Waals surface area contributed by atoms with Gasteiger partial charge in [0.25, 0.3) is 0 Å². The summed E-state index contributed by atoms with van der Waals surface area (Å²) in [7, 11) is 1.34. The van der Waals surface area contributed by atoms with Crippen molar-refractivity contribution in [3.63, 3.8) is 0 Å². The minimum atomic E-state index is -0.901. The Kier molecular flexibility index (Phi) is 7.62. The molecule has 0 heterocycles.